The highest BCUT2D eigenvalue weighted by atomic mass is 79.9. The van der Waals surface area contributed by atoms with Crippen LogP contribution in [0.4, 0.5) is 0 Å². The second-order valence-corrected chi connectivity index (χ2v) is 5.25. The maximum absolute atomic E-state index is 12.0. The molecule has 0 saturated carbocycles. The van der Waals surface area contributed by atoms with Crippen LogP contribution in [0.15, 0.2) is 57.5 Å². The highest BCUT2D eigenvalue weighted by molar-refractivity contribution is 9.11. The molecule has 0 aliphatic rings. The van der Waals surface area contributed by atoms with Gasteiger partial charge in [-0.25, -0.2) is 0 Å². The number of carbonyl (C=O) groups is 1. The Morgan fingerprint density at radius 2 is 1.50 bits per heavy atom. The van der Waals surface area contributed by atoms with Gasteiger partial charge in [0.25, 0.3) is 0 Å². The molecule has 0 heterocycles. The minimum absolute atomic E-state index is 0.210. The molecule has 0 aliphatic heterocycles. The van der Waals surface area contributed by atoms with Crippen molar-refractivity contribution in [3.63, 3.8) is 0 Å². The highest BCUT2D eigenvalue weighted by Crippen LogP contribution is 2.25. The molecule has 1 nitrogen and oxygen atoms in total. The predicted molar refractivity (Wildman–Crippen MR) is 79.5 cm³/mol. The van der Waals surface area contributed by atoms with E-state index < -0.39 is 0 Å². The monoisotopic (exact) mass is 362 g/mol. The van der Waals surface area contributed by atoms with E-state index in [-0.39, 0.29) is 5.78 Å². The van der Waals surface area contributed by atoms with Gasteiger partial charge in [-0.1, -0.05) is 30.2 Å². The number of carbonyl (C=O) groups excluding carboxylic acids is 1. The molecule has 0 unspecified atom stereocenters. The highest BCUT2D eigenvalue weighted by Gasteiger charge is 2.11. The van der Waals surface area contributed by atoms with Crippen LogP contribution in [0.3, 0.4) is 0 Å². The molecule has 2 aromatic carbocycles. The predicted octanol–water partition coefficient (Wildman–Crippen LogP) is 4.45. The van der Waals surface area contributed by atoms with Crippen LogP contribution in [0.1, 0.15) is 15.9 Å². The Bertz CT molecular complexity index is 616. The Balaban J connectivity index is 2.32. The van der Waals surface area contributed by atoms with Crippen LogP contribution in [0.5, 0.6) is 0 Å². The van der Waals surface area contributed by atoms with Crippen LogP contribution in [0.25, 0.3) is 0 Å². The van der Waals surface area contributed by atoms with Crippen molar-refractivity contribution < 1.29 is 4.79 Å². The molecule has 0 aliphatic carbocycles. The fraction of sp³-hybridized carbons (Fsp3) is 0. The van der Waals surface area contributed by atoms with Crippen molar-refractivity contribution in [3.8, 4) is 11.8 Å². The molecule has 2 rings (SSSR count). The molecule has 3 heteroatoms. The molecule has 0 amide bonds. The summed E-state index contributed by atoms with van der Waals surface area (Å²) in [5.41, 5.74) is 1.38. The Hall–Kier alpha value is -1.37. The normalized spacial score (nSPS) is 9.44. The Kier molecular flexibility index (Phi) is 4.35. The fourth-order valence-corrected chi connectivity index (χ4v) is 2.79. The van der Waals surface area contributed by atoms with Gasteiger partial charge >= 0.3 is 0 Å². The molecule has 0 radical (unpaired) electrons. The lowest BCUT2D eigenvalue weighted by Gasteiger charge is -2.01. The molecule has 88 valence electrons. The molecule has 0 atom stereocenters. The van der Waals surface area contributed by atoms with Crippen molar-refractivity contribution in [2.75, 3.05) is 0 Å². The number of Topliss-reactive ketones (excluding diaryl/α,β-unsaturated/α-hetero) is 1. The number of ketones is 1. The first-order chi connectivity index (χ1) is 8.68. The second-order valence-electron chi connectivity index (χ2n) is 3.54. The summed E-state index contributed by atoms with van der Waals surface area (Å²) in [7, 11) is 0. The van der Waals surface area contributed by atoms with Crippen molar-refractivity contribution in [2.45, 2.75) is 0 Å². The Morgan fingerprint density at radius 1 is 0.889 bits per heavy atom. The van der Waals surface area contributed by atoms with Gasteiger partial charge in [0, 0.05) is 14.5 Å². The fourth-order valence-electron chi connectivity index (χ4n) is 1.43. The molecule has 18 heavy (non-hydrogen) atoms. The zero-order valence-corrected chi connectivity index (χ0v) is 12.5. The van der Waals surface area contributed by atoms with Crippen molar-refractivity contribution in [1.82, 2.24) is 0 Å². The summed E-state index contributed by atoms with van der Waals surface area (Å²) in [6.45, 7) is 0. The van der Waals surface area contributed by atoms with E-state index in [2.05, 4.69) is 43.7 Å². The van der Waals surface area contributed by atoms with Gasteiger partial charge in [-0.2, -0.15) is 0 Å². The van der Waals surface area contributed by atoms with Crippen LogP contribution in [0.2, 0.25) is 0 Å². The van der Waals surface area contributed by atoms with Gasteiger partial charge in [0.05, 0.1) is 5.56 Å². The van der Waals surface area contributed by atoms with Crippen molar-refractivity contribution in [3.05, 3.63) is 68.6 Å². The average Bonchev–Trinajstić information content (AvgIpc) is 2.37. The first-order valence-corrected chi connectivity index (χ1v) is 6.82. The first-order valence-electron chi connectivity index (χ1n) is 5.24. The number of halogens is 2. The molecule has 2 aromatic rings. The number of hydrogen-bond donors (Lipinski definition) is 0. The zero-order chi connectivity index (χ0) is 13.0. The van der Waals surface area contributed by atoms with E-state index in [0.717, 1.165) is 14.5 Å². The molecular weight excluding hydrogens is 356 g/mol. The lowest BCUT2D eigenvalue weighted by Crippen LogP contribution is -1.98. The number of benzene rings is 2. The molecule has 0 bridgehead atoms. The third-order valence-electron chi connectivity index (χ3n) is 2.28. The standard InChI is InChI=1S/C15H8Br2O/c16-12-7-4-8-13(17)15(12)14(18)10-9-11-5-2-1-3-6-11/h1-8H. The molecule has 0 fully saturated rings. The summed E-state index contributed by atoms with van der Waals surface area (Å²) in [5.74, 6) is 5.29. The zero-order valence-electron chi connectivity index (χ0n) is 9.28. The maximum Gasteiger partial charge on any atom is 0.238 e. The summed E-state index contributed by atoms with van der Waals surface area (Å²) in [5, 5.41) is 0. The van der Waals surface area contributed by atoms with E-state index in [1.54, 1.807) is 0 Å². The van der Waals surface area contributed by atoms with Gasteiger partial charge in [0.1, 0.15) is 0 Å². The van der Waals surface area contributed by atoms with Crippen LogP contribution in [-0.2, 0) is 0 Å². The Morgan fingerprint density at radius 3 is 2.11 bits per heavy atom. The van der Waals surface area contributed by atoms with Crippen LogP contribution >= 0.6 is 31.9 Å². The SMILES string of the molecule is O=C(C#Cc1ccccc1)c1c(Br)cccc1Br. The van der Waals surface area contributed by atoms with E-state index in [9.17, 15) is 4.79 Å². The van der Waals surface area contributed by atoms with Gasteiger partial charge in [0.2, 0.25) is 5.78 Å². The summed E-state index contributed by atoms with van der Waals surface area (Å²) in [4.78, 5) is 12.0. The van der Waals surface area contributed by atoms with Crippen molar-refractivity contribution in [1.29, 1.82) is 0 Å². The third-order valence-corrected chi connectivity index (χ3v) is 3.61. The summed E-state index contributed by atoms with van der Waals surface area (Å²) >= 11 is 6.71. The van der Waals surface area contributed by atoms with Crippen molar-refractivity contribution >= 4 is 37.6 Å². The minimum atomic E-state index is -0.210. The van der Waals surface area contributed by atoms with Crippen LogP contribution < -0.4 is 0 Å². The average molecular weight is 364 g/mol. The minimum Gasteiger partial charge on any atom is -0.279 e. The van der Waals surface area contributed by atoms with Crippen molar-refractivity contribution in [2.24, 2.45) is 0 Å². The summed E-state index contributed by atoms with van der Waals surface area (Å²) < 4.78 is 1.48. The van der Waals surface area contributed by atoms with E-state index in [1.165, 1.54) is 0 Å². The van der Waals surface area contributed by atoms with Crippen LogP contribution in [-0.4, -0.2) is 5.78 Å². The molecule has 0 N–H and O–H groups in total. The van der Waals surface area contributed by atoms with E-state index in [1.807, 2.05) is 48.5 Å². The lowest BCUT2D eigenvalue weighted by atomic mass is 10.1. The van der Waals surface area contributed by atoms with Gasteiger partial charge in [-0.05, 0) is 62.0 Å². The quantitative estimate of drug-likeness (QED) is 0.540. The lowest BCUT2D eigenvalue weighted by molar-refractivity contribution is 0.105. The van der Waals surface area contributed by atoms with Gasteiger partial charge in [-0.15, -0.1) is 0 Å². The number of hydrogen-bond acceptors (Lipinski definition) is 1. The smallest absolute Gasteiger partial charge is 0.238 e. The molecule has 0 spiro atoms. The summed E-state index contributed by atoms with van der Waals surface area (Å²) in [6.07, 6.45) is 0. The third kappa shape index (κ3) is 3.10. The molecule has 0 aromatic heterocycles. The van der Waals surface area contributed by atoms with Gasteiger partial charge < -0.3 is 0 Å². The van der Waals surface area contributed by atoms with E-state index in [4.69, 9.17) is 0 Å². The topological polar surface area (TPSA) is 17.1 Å². The maximum atomic E-state index is 12.0. The molecule has 0 saturated heterocycles. The second kappa shape index (κ2) is 5.99. The van der Waals surface area contributed by atoms with Gasteiger partial charge in [-0.3, -0.25) is 4.79 Å². The van der Waals surface area contributed by atoms with E-state index in [0.29, 0.717) is 5.56 Å². The van der Waals surface area contributed by atoms with Gasteiger partial charge in [0.15, 0.2) is 0 Å². The first kappa shape index (κ1) is 13.1. The van der Waals surface area contributed by atoms with Crippen LogP contribution in [0, 0.1) is 11.8 Å². The van der Waals surface area contributed by atoms with E-state index >= 15 is 0 Å². The molecular formula is C15H8Br2O. The summed E-state index contributed by atoms with van der Waals surface area (Å²) in [6, 6.07) is 14.9. The Labute approximate surface area is 122 Å². The largest absolute Gasteiger partial charge is 0.279 e. The number of rotatable bonds is 1.